The second-order valence-corrected chi connectivity index (χ2v) is 10.7. The number of nitrogens with zero attached hydrogens (tertiary/aromatic N) is 3. The lowest BCUT2D eigenvalue weighted by atomic mass is 9.78. The van der Waals surface area contributed by atoms with E-state index in [4.69, 9.17) is 9.26 Å². The third kappa shape index (κ3) is 6.38. The van der Waals surface area contributed by atoms with Crippen molar-refractivity contribution in [2.45, 2.75) is 63.3 Å². The third-order valence-corrected chi connectivity index (χ3v) is 8.19. The molecule has 1 aliphatic carbocycles. The van der Waals surface area contributed by atoms with Gasteiger partial charge in [0, 0.05) is 18.9 Å². The molecule has 2 heterocycles. The molecular formula is C31H38N4O4. The Bertz CT molecular complexity index is 1220. The van der Waals surface area contributed by atoms with Crippen LogP contribution in [0.5, 0.6) is 0 Å². The summed E-state index contributed by atoms with van der Waals surface area (Å²) in [4.78, 5) is 33.0. The minimum Gasteiger partial charge on any atom is -0.465 e. The Morgan fingerprint density at radius 3 is 2.41 bits per heavy atom. The van der Waals surface area contributed by atoms with E-state index in [-0.39, 0.29) is 23.8 Å². The molecule has 1 amide bonds. The van der Waals surface area contributed by atoms with Crippen LogP contribution in [0.15, 0.2) is 65.2 Å². The van der Waals surface area contributed by atoms with Gasteiger partial charge in [0.05, 0.1) is 12.6 Å². The average Bonchev–Trinajstić information content (AvgIpc) is 3.40. The van der Waals surface area contributed by atoms with E-state index in [0.717, 1.165) is 43.4 Å². The quantitative estimate of drug-likeness (QED) is 0.362. The standard InChI is InChI=1S/C31H38N4O4/c1-2-38-30(37)31(29-33-27(34-39-29)22-23-10-5-3-6-11-23)17-20-35(21-18-31)19-16-26(24-12-7-4-8-13-24)32-28(36)25-14-9-15-25/h3-8,10-13,25-26H,2,9,14-22H2,1H3,(H,32,36). The molecule has 39 heavy (non-hydrogen) atoms. The number of likely N-dealkylation sites (tertiary alicyclic amines) is 1. The summed E-state index contributed by atoms with van der Waals surface area (Å²) < 4.78 is 11.2. The van der Waals surface area contributed by atoms with Gasteiger partial charge < -0.3 is 19.5 Å². The molecule has 1 N–H and O–H groups in total. The van der Waals surface area contributed by atoms with Crippen LogP contribution < -0.4 is 5.32 Å². The maximum atomic E-state index is 13.2. The molecule has 1 aromatic heterocycles. The first-order chi connectivity index (χ1) is 19.1. The van der Waals surface area contributed by atoms with Crippen LogP contribution in [-0.2, 0) is 26.2 Å². The number of hydrogen-bond donors (Lipinski definition) is 1. The monoisotopic (exact) mass is 530 g/mol. The highest BCUT2D eigenvalue weighted by molar-refractivity contribution is 5.82. The molecule has 3 aromatic rings. The van der Waals surface area contributed by atoms with Gasteiger partial charge in [0.15, 0.2) is 5.82 Å². The highest BCUT2D eigenvalue weighted by Crippen LogP contribution is 2.37. The second-order valence-electron chi connectivity index (χ2n) is 10.7. The molecule has 1 atom stereocenters. The van der Waals surface area contributed by atoms with Gasteiger partial charge in [-0.25, -0.2) is 0 Å². The number of hydrogen-bond acceptors (Lipinski definition) is 7. The molecule has 2 aromatic carbocycles. The highest BCUT2D eigenvalue weighted by atomic mass is 16.5. The van der Waals surface area contributed by atoms with Crippen molar-refractivity contribution >= 4 is 11.9 Å². The Morgan fingerprint density at radius 2 is 1.77 bits per heavy atom. The van der Waals surface area contributed by atoms with Crippen molar-refractivity contribution < 1.29 is 18.8 Å². The Balaban J connectivity index is 1.24. The summed E-state index contributed by atoms with van der Waals surface area (Å²) in [5, 5.41) is 7.49. The van der Waals surface area contributed by atoms with Gasteiger partial charge in [0.2, 0.25) is 11.8 Å². The number of amides is 1. The number of benzene rings is 2. The predicted octanol–water partition coefficient (Wildman–Crippen LogP) is 4.60. The number of piperidine rings is 1. The maximum Gasteiger partial charge on any atom is 0.321 e. The lowest BCUT2D eigenvalue weighted by molar-refractivity contribution is -0.153. The minimum absolute atomic E-state index is 0.0347. The molecular weight excluding hydrogens is 492 g/mol. The van der Waals surface area contributed by atoms with E-state index in [2.05, 4.69) is 32.5 Å². The van der Waals surface area contributed by atoms with Crippen LogP contribution in [-0.4, -0.2) is 53.2 Å². The van der Waals surface area contributed by atoms with E-state index in [1.165, 1.54) is 0 Å². The number of nitrogens with one attached hydrogen (secondary N) is 1. The molecule has 1 saturated carbocycles. The molecule has 1 aliphatic heterocycles. The number of carbonyl (C=O) groups excluding carboxylic acids is 2. The summed E-state index contributed by atoms with van der Waals surface area (Å²) >= 11 is 0. The summed E-state index contributed by atoms with van der Waals surface area (Å²) in [5.41, 5.74) is 1.27. The molecule has 206 valence electrons. The topological polar surface area (TPSA) is 97.6 Å². The van der Waals surface area contributed by atoms with E-state index in [1.54, 1.807) is 0 Å². The van der Waals surface area contributed by atoms with E-state index >= 15 is 0 Å². The van der Waals surface area contributed by atoms with Crippen molar-refractivity contribution in [3.63, 3.8) is 0 Å². The average molecular weight is 531 g/mol. The first-order valence-electron chi connectivity index (χ1n) is 14.2. The van der Waals surface area contributed by atoms with Crippen molar-refractivity contribution in [3.8, 4) is 0 Å². The summed E-state index contributed by atoms with van der Waals surface area (Å²) in [6.07, 6.45) is 5.54. The van der Waals surface area contributed by atoms with Crippen molar-refractivity contribution in [2.75, 3.05) is 26.2 Å². The minimum atomic E-state index is -0.939. The smallest absolute Gasteiger partial charge is 0.321 e. The second kappa shape index (κ2) is 12.6. The molecule has 0 bridgehead atoms. The Morgan fingerprint density at radius 1 is 1.08 bits per heavy atom. The SMILES string of the molecule is CCOC(=O)C1(c2nc(Cc3ccccc3)no2)CCN(CCC(NC(=O)C2CCC2)c2ccccc2)CC1. The van der Waals surface area contributed by atoms with Crippen molar-refractivity contribution in [1.82, 2.24) is 20.4 Å². The maximum absolute atomic E-state index is 13.2. The number of esters is 1. The van der Waals surface area contributed by atoms with Crippen LogP contribution in [0.1, 0.15) is 74.3 Å². The lowest BCUT2D eigenvalue weighted by Crippen LogP contribution is -2.49. The van der Waals surface area contributed by atoms with E-state index in [9.17, 15) is 9.59 Å². The van der Waals surface area contributed by atoms with E-state index in [0.29, 0.717) is 50.7 Å². The zero-order valence-electron chi connectivity index (χ0n) is 22.7. The van der Waals surface area contributed by atoms with Gasteiger partial charge in [0.25, 0.3) is 0 Å². The van der Waals surface area contributed by atoms with Crippen LogP contribution in [0.2, 0.25) is 0 Å². The lowest BCUT2D eigenvalue weighted by Gasteiger charge is -2.38. The van der Waals surface area contributed by atoms with Gasteiger partial charge in [-0.2, -0.15) is 4.98 Å². The number of carbonyl (C=O) groups is 2. The highest BCUT2D eigenvalue weighted by Gasteiger charge is 2.49. The first kappa shape index (κ1) is 27.1. The fraction of sp³-hybridized carbons (Fsp3) is 0.484. The fourth-order valence-corrected chi connectivity index (χ4v) is 5.51. The molecule has 2 aliphatic rings. The molecule has 0 radical (unpaired) electrons. The van der Waals surface area contributed by atoms with Gasteiger partial charge in [-0.1, -0.05) is 72.2 Å². The van der Waals surface area contributed by atoms with Crippen LogP contribution in [0.3, 0.4) is 0 Å². The van der Waals surface area contributed by atoms with Gasteiger partial charge in [-0.3, -0.25) is 9.59 Å². The van der Waals surface area contributed by atoms with Crippen molar-refractivity contribution in [2.24, 2.45) is 5.92 Å². The predicted molar refractivity (Wildman–Crippen MR) is 147 cm³/mol. The normalized spacial score (nSPS) is 18.2. The molecule has 1 saturated heterocycles. The third-order valence-electron chi connectivity index (χ3n) is 8.19. The zero-order valence-corrected chi connectivity index (χ0v) is 22.7. The Labute approximate surface area is 230 Å². The van der Waals surface area contributed by atoms with Gasteiger partial charge in [-0.05, 0) is 63.2 Å². The molecule has 5 rings (SSSR count). The zero-order chi connectivity index (χ0) is 27.1. The largest absolute Gasteiger partial charge is 0.465 e. The van der Waals surface area contributed by atoms with E-state index in [1.807, 2.05) is 55.5 Å². The van der Waals surface area contributed by atoms with Crippen LogP contribution >= 0.6 is 0 Å². The first-order valence-corrected chi connectivity index (χ1v) is 14.2. The van der Waals surface area contributed by atoms with Crippen molar-refractivity contribution in [1.29, 1.82) is 0 Å². The van der Waals surface area contributed by atoms with Gasteiger partial charge in [0.1, 0.15) is 5.41 Å². The molecule has 2 fully saturated rings. The summed E-state index contributed by atoms with van der Waals surface area (Å²) in [7, 11) is 0. The number of rotatable bonds is 11. The van der Waals surface area contributed by atoms with E-state index < -0.39 is 5.41 Å². The van der Waals surface area contributed by atoms with Crippen molar-refractivity contribution in [3.05, 3.63) is 83.5 Å². The summed E-state index contributed by atoms with van der Waals surface area (Å²) in [6, 6.07) is 20.1. The van der Waals surface area contributed by atoms with Crippen LogP contribution in [0.25, 0.3) is 0 Å². The van der Waals surface area contributed by atoms with Crippen LogP contribution in [0, 0.1) is 5.92 Å². The molecule has 0 spiro atoms. The molecule has 8 nitrogen and oxygen atoms in total. The fourth-order valence-electron chi connectivity index (χ4n) is 5.51. The van der Waals surface area contributed by atoms with Gasteiger partial charge >= 0.3 is 5.97 Å². The number of aromatic nitrogens is 2. The molecule has 8 heteroatoms. The Kier molecular flexibility index (Phi) is 8.71. The Hall–Kier alpha value is -3.52. The van der Waals surface area contributed by atoms with Crippen LogP contribution in [0.4, 0.5) is 0 Å². The summed E-state index contributed by atoms with van der Waals surface area (Å²) in [6.45, 7) is 4.33. The van der Waals surface area contributed by atoms with Gasteiger partial charge in [-0.15, -0.1) is 0 Å². The summed E-state index contributed by atoms with van der Waals surface area (Å²) in [5.74, 6) is 0.932. The number of ether oxygens (including phenoxy) is 1. The molecule has 1 unspecified atom stereocenters.